The Balaban J connectivity index is 2.75. The van der Waals surface area contributed by atoms with Crippen LogP contribution in [0.1, 0.15) is 30.6 Å². The highest BCUT2D eigenvalue weighted by Crippen LogP contribution is 2.36. The van der Waals surface area contributed by atoms with Gasteiger partial charge in [-0.1, -0.05) is 18.5 Å². The standard InChI is InChI=1S/C15H19ClN2O6/c1-4-5-23-14-11(16)6-10(7-12(14)22-3)15(21)24-8-13(20)18-17-9(2)19/h6-7H,4-5,8H2,1-3H3,(H,17,19)(H,18,20). The average Bonchev–Trinajstić information content (AvgIpc) is 2.55. The first-order valence-electron chi connectivity index (χ1n) is 7.11. The Hall–Kier alpha value is -2.48. The molecule has 0 saturated carbocycles. The Morgan fingerprint density at radius 3 is 2.50 bits per heavy atom. The molecule has 0 unspecified atom stereocenters. The van der Waals surface area contributed by atoms with E-state index in [1.54, 1.807) is 0 Å². The number of benzene rings is 1. The third-order valence-corrected chi connectivity index (χ3v) is 2.91. The molecular formula is C15H19ClN2O6. The van der Waals surface area contributed by atoms with Crippen LogP contribution in [0.25, 0.3) is 0 Å². The molecule has 0 saturated heterocycles. The summed E-state index contributed by atoms with van der Waals surface area (Å²) < 4.78 is 15.5. The Labute approximate surface area is 144 Å². The van der Waals surface area contributed by atoms with Crippen molar-refractivity contribution in [2.45, 2.75) is 20.3 Å². The smallest absolute Gasteiger partial charge is 0.338 e. The zero-order valence-corrected chi connectivity index (χ0v) is 14.4. The predicted molar refractivity (Wildman–Crippen MR) is 86.0 cm³/mol. The van der Waals surface area contributed by atoms with Gasteiger partial charge >= 0.3 is 5.97 Å². The lowest BCUT2D eigenvalue weighted by atomic mass is 10.2. The van der Waals surface area contributed by atoms with Gasteiger partial charge in [0.25, 0.3) is 5.91 Å². The summed E-state index contributed by atoms with van der Waals surface area (Å²) in [6, 6.07) is 2.77. The molecule has 0 aliphatic rings. The minimum Gasteiger partial charge on any atom is -0.493 e. The molecule has 0 spiro atoms. The highest BCUT2D eigenvalue weighted by atomic mass is 35.5. The highest BCUT2D eigenvalue weighted by molar-refractivity contribution is 6.32. The van der Waals surface area contributed by atoms with Crippen molar-refractivity contribution >= 4 is 29.4 Å². The number of amides is 2. The van der Waals surface area contributed by atoms with E-state index in [2.05, 4.69) is 10.9 Å². The molecule has 24 heavy (non-hydrogen) atoms. The summed E-state index contributed by atoms with van der Waals surface area (Å²) in [6.45, 7) is 3.05. The minimum atomic E-state index is -0.768. The first-order chi connectivity index (χ1) is 11.4. The fourth-order valence-electron chi connectivity index (χ4n) is 1.59. The van der Waals surface area contributed by atoms with E-state index >= 15 is 0 Å². The molecule has 0 atom stereocenters. The van der Waals surface area contributed by atoms with Gasteiger partial charge in [-0.2, -0.15) is 0 Å². The molecule has 0 aliphatic heterocycles. The Morgan fingerprint density at radius 1 is 1.21 bits per heavy atom. The van der Waals surface area contributed by atoms with Crippen LogP contribution in [0.5, 0.6) is 11.5 Å². The van der Waals surface area contributed by atoms with Crippen molar-refractivity contribution < 1.29 is 28.6 Å². The zero-order chi connectivity index (χ0) is 18.1. The summed E-state index contributed by atoms with van der Waals surface area (Å²) in [5, 5.41) is 0.192. The summed E-state index contributed by atoms with van der Waals surface area (Å²) in [6.07, 6.45) is 0.784. The van der Waals surface area contributed by atoms with Gasteiger partial charge in [-0.15, -0.1) is 0 Å². The molecule has 0 radical (unpaired) electrons. The SMILES string of the molecule is CCCOc1c(Cl)cc(C(=O)OCC(=O)NNC(C)=O)cc1OC. The van der Waals surface area contributed by atoms with Crippen LogP contribution in [0.15, 0.2) is 12.1 Å². The lowest BCUT2D eigenvalue weighted by Crippen LogP contribution is -2.42. The van der Waals surface area contributed by atoms with Gasteiger partial charge in [0.15, 0.2) is 18.1 Å². The van der Waals surface area contributed by atoms with Gasteiger partial charge in [-0.05, 0) is 18.6 Å². The van der Waals surface area contributed by atoms with Crippen molar-refractivity contribution in [3.63, 3.8) is 0 Å². The molecule has 0 heterocycles. The largest absolute Gasteiger partial charge is 0.493 e. The maximum Gasteiger partial charge on any atom is 0.338 e. The maximum atomic E-state index is 12.0. The van der Waals surface area contributed by atoms with E-state index in [-0.39, 0.29) is 16.3 Å². The van der Waals surface area contributed by atoms with Gasteiger partial charge in [0.2, 0.25) is 5.91 Å². The molecule has 0 bridgehead atoms. The number of hydrogen-bond acceptors (Lipinski definition) is 6. The van der Waals surface area contributed by atoms with Crippen LogP contribution in [0.2, 0.25) is 5.02 Å². The molecule has 9 heteroatoms. The number of carbonyl (C=O) groups excluding carboxylic acids is 3. The first-order valence-corrected chi connectivity index (χ1v) is 7.49. The number of hydrogen-bond donors (Lipinski definition) is 2. The summed E-state index contributed by atoms with van der Waals surface area (Å²) in [5.41, 5.74) is 4.25. The van der Waals surface area contributed by atoms with E-state index < -0.39 is 24.4 Å². The third kappa shape index (κ3) is 5.96. The van der Waals surface area contributed by atoms with Gasteiger partial charge in [-0.25, -0.2) is 4.79 Å². The van der Waals surface area contributed by atoms with E-state index in [0.29, 0.717) is 12.4 Å². The molecule has 1 aromatic carbocycles. The Bertz CT molecular complexity index is 620. The number of hydrazine groups is 1. The second-order valence-electron chi connectivity index (χ2n) is 4.64. The summed E-state index contributed by atoms with van der Waals surface area (Å²) in [7, 11) is 1.42. The molecule has 1 rings (SSSR count). The number of halogens is 1. The van der Waals surface area contributed by atoms with Crippen LogP contribution in [0.4, 0.5) is 0 Å². The summed E-state index contributed by atoms with van der Waals surface area (Å²) >= 11 is 6.10. The number of carbonyl (C=O) groups is 3. The summed E-state index contributed by atoms with van der Waals surface area (Å²) in [4.78, 5) is 34.0. The molecule has 2 N–H and O–H groups in total. The maximum absolute atomic E-state index is 12.0. The van der Waals surface area contributed by atoms with E-state index in [4.69, 9.17) is 25.8 Å². The zero-order valence-electron chi connectivity index (χ0n) is 13.6. The molecule has 8 nitrogen and oxygen atoms in total. The average molecular weight is 359 g/mol. The first kappa shape index (κ1) is 19.6. The molecule has 0 aliphatic carbocycles. The second kappa shape index (κ2) is 9.61. The van der Waals surface area contributed by atoms with E-state index in [1.165, 1.54) is 26.2 Å². The van der Waals surface area contributed by atoms with Gasteiger partial charge in [-0.3, -0.25) is 20.4 Å². The van der Waals surface area contributed by atoms with E-state index in [0.717, 1.165) is 6.42 Å². The Morgan fingerprint density at radius 2 is 1.92 bits per heavy atom. The highest BCUT2D eigenvalue weighted by Gasteiger charge is 2.17. The van der Waals surface area contributed by atoms with Crippen LogP contribution in [0.3, 0.4) is 0 Å². The van der Waals surface area contributed by atoms with E-state index in [9.17, 15) is 14.4 Å². The molecule has 0 aromatic heterocycles. The molecular weight excluding hydrogens is 340 g/mol. The van der Waals surface area contributed by atoms with Crippen molar-refractivity contribution in [2.75, 3.05) is 20.3 Å². The number of ether oxygens (including phenoxy) is 3. The van der Waals surface area contributed by atoms with Gasteiger partial charge < -0.3 is 14.2 Å². The second-order valence-corrected chi connectivity index (χ2v) is 5.05. The predicted octanol–water partition coefficient (Wildman–Crippen LogP) is 1.46. The topological polar surface area (TPSA) is 103 Å². The van der Waals surface area contributed by atoms with Gasteiger partial charge in [0.1, 0.15) is 0 Å². The Kier molecular flexibility index (Phi) is 7.84. The van der Waals surface area contributed by atoms with Crippen molar-refractivity contribution in [3.8, 4) is 11.5 Å². The lowest BCUT2D eigenvalue weighted by molar-refractivity contribution is -0.129. The van der Waals surface area contributed by atoms with Gasteiger partial charge in [0, 0.05) is 6.92 Å². The van der Waals surface area contributed by atoms with Crippen LogP contribution < -0.4 is 20.3 Å². The number of methoxy groups -OCH3 is 1. The molecule has 132 valence electrons. The normalized spacial score (nSPS) is 9.83. The van der Waals surface area contributed by atoms with Crippen molar-refractivity contribution in [2.24, 2.45) is 0 Å². The minimum absolute atomic E-state index is 0.105. The lowest BCUT2D eigenvalue weighted by Gasteiger charge is -2.13. The molecule has 1 aromatic rings. The van der Waals surface area contributed by atoms with Crippen molar-refractivity contribution in [3.05, 3.63) is 22.7 Å². The molecule has 0 fully saturated rings. The van der Waals surface area contributed by atoms with Crippen molar-refractivity contribution in [1.29, 1.82) is 0 Å². The van der Waals surface area contributed by atoms with E-state index in [1.807, 2.05) is 6.92 Å². The summed E-state index contributed by atoms with van der Waals surface area (Å²) in [5.74, 6) is -1.28. The molecule has 2 amide bonds. The van der Waals surface area contributed by atoms with Crippen LogP contribution >= 0.6 is 11.6 Å². The van der Waals surface area contributed by atoms with Gasteiger partial charge in [0.05, 0.1) is 24.3 Å². The van der Waals surface area contributed by atoms with Crippen LogP contribution in [-0.2, 0) is 14.3 Å². The van der Waals surface area contributed by atoms with Crippen LogP contribution in [0, 0.1) is 0 Å². The fraction of sp³-hybridized carbons (Fsp3) is 0.400. The number of esters is 1. The third-order valence-electron chi connectivity index (χ3n) is 2.63. The van der Waals surface area contributed by atoms with Crippen LogP contribution in [-0.4, -0.2) is 38.1 Å². The quantitative estimate of drug-likeness (QED) is 0.565. The van der Waals surface area contributed by atoms with Crippen molar-refractivity contribution in [1.82, 2.24) is 10.9 Å². The number of rotatable bonds is 7. The number of nitrogens with one attached hydrogen (secondary N) is 2. The fourth-order valence-corrected chi connectivity index (χ4v) is 1.86. The monoisotopic (exact) mass is 358 g/mol.